The number of fused-ring (bicyclic) bond motifs is 1. The number of nitrogens with zero attached hydrogens (tertiary/aromatic N) is 2. The predicted octanol–water partition coefficient (Wildman–Crippen LogP) is 1.50. The lowest BCUT2D eigenvalue weighted by Crippen LogP contribution is -2.34. The lowest BCUT2D eigenvalue weighted by molar-refractivity contribution is -0.140. The van der Waals surface area contributed by atoms with Crippen LogP contribution in [0.2, 0.25) is 0 Å². The zero-order valence-electron chi connectivity index (χ0n) is 13.9. The number of aromatic nitrogens is 2. The van der Waals surface area contributed by atoms with Crippen LogP contribution in [0, 0.1) is 11.8 Å². The Kier molecular flexibility index (Phi) is 5.33. The molecule has 7 heteroatoms. The first-order chi connectivity index (χ1) is 11.3. The molecule has 0 fully saturated rings. The zero-order valence-corrected chi connectivity index (χ0v) is 13.9. The third-order valence-electron chi connectivity index (χ3n) is 3.61. The van der Waals surface area contributed by atoms with E-state index in [1.165, 1.54) is 11.6 Å². The van der Waals surface area contributed by atoms with Crippen molar-refractivity contribution in [3.8, 4) is 0 Å². The van der Waals surface area contributed by atoms with Gasteiger partial charge in [0.2, 0.25) is 0 Å². The van der Waals surface area contributed by atoms with Gasteiger partial charge in [0.1, 0.15) is 0 Å². The Morgan fingerprint density at radius 1 is 1.21 bits per heavy atom. The molecule has 1 aromatic heterocycles. The van der Waals surface area contributed by atoms with Crippen molar-refractivity contribution in [1.29, 1.82) is 0 Å². The summed E-state index contributed by atoms with van der Waals surface area (Å²) >= 11 is 0. The Bertz CT molecular complexity index is 826. The summed E-state index contributed by atoms with van der Waals surface area (Å²) in [5.74, 6) is -1.99. The van der Waals surface area contributed by atoms with E-state index in [4.69, 9.17) is 5.11 Å². The molecule has 24 heavy (non-hydrogen) atoms. The Hall–Kier alpha value is -2.70. The average Bonchev–Trinajstić information content (AvgIpc) is 2.54. The van der Waals surface area contributed by atoms with Crippen LogP contribution >= 0.6 is 0 Å². The number of hydrogen-bond acceptors (Lipinski definition) is 4. The lowest BCUT2D eigenvalue weighted by Gasteiger charge is -2.13. The first-order valence-electron chi connectivity index (χ1n) is 7.82. The van der Waals surface area contributed by atoms with Crippen molar-refractivity contribution in [3.63, 3.8) is 0 Å². The maximum Gasteiger partial charge on any atom is 0.308 e. The van der Waals surface area contributed by atoms with Crippen molar-refractivity contribution in [1.82, 2.24) is 15.1 Å². The molecular formula is C17H21N3O4. The SMILES string of the molecule is CC(C)Cn1nc(C(=O)NCC(C)C(=O)O)c2ccccc2c1=O. The van der Waals surface area contributed by atoms with E-state index in [-0.39, 0.29) is 23.7 Å². The second-order valence-corrected chi connectivity index (χ2v) is 6.22. The normalized spacial score (nSPS) is 12.3. The number of benzene rings is 1. The van der Waals surface area contributed by atoms with Gasteiger partial charge in [-0.05, 0) is 12.0 Å². The van der Waals surface area contributed by atoms with Crippen LogP contribution in [0.4, 0.5) is 0 Å². The van der Waals surface area contributed by atoms with Crippen molar-refractivity contribution >= 4 is 22.6 Å². The fourth-order valence-corrected chi connectivity index (χ4v) is 2.29. The summed E-state index contributed by atoms with van der Waals surface area (Å²) in [6.07, 6.45) is 0. The summed E-state index contributed by atoms with van der Waals surface area (Å²) in [5, 5.41) is 16.6. The molecule has 0 radical (unpaired) electrons. The molecule has 1 heterocycles. The Balaban J connectivity index is 2.44. The van der Waals surface area contributed by atoms with Gasteiger partial charge in [-0.2, -0.15) is 5.10 Å². The van der Waals surface area contributed by atoms with Crippen LogP contribution in [0.25, 0.3) is 10.8 Å². The second kappa shape index (κ2) is 7.25. The number of aliphatic carboxylic acids is 1. The molecule has 7 nitrogen and oxygen atoms in total. The molecular weight excluding hydrogens is 310 g/mol. The lowest BCUT2D eigenvalue weighted by atomic mass is 10.1. The molecule has 0 aliphatic heterocycles. The molecule has 2 N–H and O–H groups in total. The van der Waals surface area contributed by atoms with Crippen LogP contribution in [-0.2, 0) is 11.3 Å². The van der Waals surface area contributed by atoms with Gasteiger partial charge in [-0.25, -0.2) is 4.68 Å². The molecule has 0 saturated heterocycles. The van der Waals surface area contributed by atoms with Crippen LogP contribution in [0.5, 0.6) is 0 Å². The molecule has 0 saturated carbocycles. The van der Waals surface area contributed by atoms with Gasteiger partial charge in [-0.1, -0.05) is 39.0 Å². The maximum atomic E-state index is 12.5. The topological polar surface area (TPSA) is 101 Å². The molecule has 0 spiro atoms. The largest absolute Gasteiger partial charge is 0.481 e. The molecule has 0 aliphatic carbocycles. The fraction of sp³-hybridized carbons (Fsp3) is 0.412. The van der Waals surface area contributed by atoms with Gasteiger partial charge in [0.15, 0.2) is 5.69 Å². The monoisotopic (exact) mass is 331 g/mol. The van der Waals surface area contributed by atoms with Gasteiger partial charge in [-0.15, -0.1) is 0 Å². The summed E-state index contributed by atoms with van der Waals surface area (Å²) in [7, 11) is 0. The quantitative estimate of drug-likeness (QED) is 0.835. The summed E-state index contributed by atoms with van der Waals surface area (Å²) < 4.78 is 1.29. The highest BCUT2D eigenvalue weighted by molar-refractivity contribution is 6.04. The van der Waals surface area contributed by atoms with E-state index < -0.39 is 17.8 Å². The van der Waals surface area contributed by atoms with E-state index in [1.54, 1.807) is 24.3 Å². The van der Waals surface area contributed by atoms with E-state index in [2.05, 4.69) is 10.4 Å². The predicted molar refractivity (Wildman–Crippen MR) is 90.0 cm³/mol. The summed E-state index contributed by atoms with van der Waals surface area (Å²) in [6, 6.07) is 6.79. The van der Waals surface area contributed by atoms with E-state index in [0.717, 1.165) is 0 Å². The van der Waals surface area contributed by atoms with Crippen LogP contribution in [0.3, 0.4) is 0 Å². The van der Waals surface area contributed by atoms with Crippen molar-refractivity contribution in [2.24, 2.45) is 11.8 Å². The maximum absolute atomic E-state index is 12.5. The molecule has 2 rings (SSSR count). The van der Waals surface area contributed by atoms with Crippen LogP contribution in [0.15, 0.2) is 29.1 Å². The second-order valence-electron chi connectivity index (χ2n) is 6.22. The van der Waals surface area contributed by atoms with Gasteiger partial charge < -0.3 is 10.4 Å². The molecule has 2 aromatic rings. The number of amides is 1. The number of carboxylic acids is 1. The highest BCUT2D eigenvalue weighted by atomic mass is 16.4. The number of rotatable bonds is 6. The molecule has 0 aliphatic rings. The standard InChI is InChI=1S/C17H21N3O4/c1-10(2)9-20-16(22)13-7-5-4-6-12(13)14(19-20)15(21)18-8-11(3)17(23)24/h4-7,10-11H,8-9H2,1-3H3,(H,18,21)(H,23,24). The Labute approximate surface area is 139 Å². The minimum atomic E-state index is -0.988. The minimum Gasteiger partial charge on any atom is -0.481 e. The number of nitrogens with one attached hydrogen (secondary N) is 1. The van der Waals surface area contributed by atoms with Crippen molar-refractivity contribution in [2.45, 2.75) is 27.3 Å². The fourth-order valence-electron chi connectivity index (χ4n) is 2.29. The van der Waals surface area contributed by atoms with Crippen molar-refractivity contribution < 1.29 is 14.7 Å². The molecule has 0 bridgehead atoms. The summed E-state index contributed by atoms with van der Waals surface area (Å²) in [4.78, 5) is 35.8. The summed E-state index contributed by atoms with van der Waals surface area (Å²) in [5.41, 5.74) is -0.113. The number of hydrogen-bond donors (Lipinski definition) is 2. The molecule has 1 amide bonds. The smallest absolute Gasteiger partial charge is 0.308 e. The Morgan fingerprint density at radius 2 is 1.83 bits per heavy atom. The number of carbonyl (C=O) groups is 2. The highest BCUT2D eigenvalue weighted by Gasteiger charge is 2.19. The molecule has 1 atom stereocenters. The van der Waals surface area contributed by atoms with Crippen molar-refractivity contribution in [3.05, 3.63) is 40.3 Å². The van der Waals surface area contributed by atoms with E-state index >= 15 is 0 Å². The molecule has 128 valence electrons. The van der Waals surface area contributed by atoms with Crippen LogP contribution in [0.1, 0.15) is 31.3 Å². The Morgan fingerprint density at radius 3 is 2.42 bits per heavy atom. The van der Waals surface area contributed by atoms with E-state index in [9.17, 15) is 14.4 Å². The molecule has 1 unspecified atom stereocenters. The first-order valence-corrected chi connectivity index (χ1v) is 7.82. The highest BCUT2D eigenvalue weighted by Crippen LogP contribution is 2.14. The first kappa shape index (κ1) is 17.7. The summed E-state index contributed by atoms with van der Waals surface area (Å²) in [6.45, 7) is 5.81. The van der Waals surface area contributed by atoms with E-state index in [1.807, 2.05) is 13.8 Å². The number of carbonyl (C=O) groups excluding carboxylic acids is 1. The van der Waals surface area contributed by atoms with Gasteiger partial charge in [0.25, 0.3) is 11.5 Å². The van der Waals surface area contributed by atoms with Crippen LogP contribution < -0.4 is 10.9 Å². The van der Waals surface area contributed by atoms with Gasteiger partial charge in [0.05, 0.1) is 11.3 Å². The van der Waals surface area contributed by atoms with Gasteiger partial charge in [-0.3, -0.25) is 14.4 Å². The minimum absolute atomic E-state index is 0.00647. The molecule has 1 aromatic carbocycles. The zero-order chi connectivity index (χ0) is 17.9. The van der Waals surface area contributed by atoms with Crippen molar-refractivity contribution in [2.75, 3.05) is 6.54 Å². The average molecular weight is 331 g/mol. The van der Waals surface area contributed by atoms with Crippen LogP contribution in [-0.4, -0.2) is 33.3 Å². The van der Waals surface area contributed by atoms with E-state index in [0.29, 0.717) is 17.3 Å². The third kappa shape index (κ3) is 3.79. The van der Waals surface area contributed by atoms with Gasteiger partial charge in [0, 0.05) is 18.5 Å². The third-order valence-corrected chi connectivity index (χ3v) is 3.61. The van der Waals surface area contributed by atoms with Gasteiger partial charge >= 0.3 is 5.97 Å². The number of carboxylic acid groups (broad SMARTS) is 1.